The summed E-state index contributed by atoms with van der Waals surface area (Å²) in [5, 5.41) is 8.51. The molecule has 0 saturated carbocycles. The molecule has 0 aromatic heterocycles. The van der Waals surface area contributed by atoms with Gasteiger partial charge in [-0.1, -0.05) is 51.4 Å². The van der Waals surface area contributed by atoms with Crippen molar-refractivity contribution in [2.24, 2.45) is 0 Å². The molecular formula is C16H30O4. The molecule has 1 saturated heterocycles. The smallest absolute Gasteiger partial charge is 0.305 e. The summed E-state index contributed by atoms with van der Waals surface area (Å²) in [4.78, 5) is 11.1. The SMILES string of the molecule is O=C(CCCCCCCCCCCC1CO1)OCCO. The lowest BCUT2D eigenvalue weighted by molar-refractivity contribution is -0.144. The maximum atomic E-state index is 11.1. The average molecular weight is 286 g/mol. The standard InChI is InChI=1S/C16H30O4/c17-12-13-19-16(18)11-9-7-5-3-1-2-4-6-8-10-15-14-20-15/h15,17H,1-14H2. The number of carbonyl (C=O) groups is 1. The zero-order chi connectivity index (χ0) is 14.5. The minimum Gasteiger partial charge on any atom is -0.463 e. The van der Waals surface area contributed by atoms with Crippen molar-refractivity contribution in [2.75, 3.05) is 19.8 Å². The highest BCUT2D eigenvalue weighted by molar-refractivity contribution is 5.69. The van der Waals surface area contributed by atoms with Crippen LogP contribution in [0.2, 0.25) is 0 Å². The van der Waals surface area contributed by atoms with Crippen molar-refractivity contribution in [1.82, 2.24) is 0 Å². The topological polar surface area (TPSA) is 59.1 Å². The first-order valence-electron chi connectivity index (χ1n) is 8.21. The molecule has 0 aliphatic carbocycles. The van der Waals surface area contributed by atoms with Crippen molar-refractivity contribution in [3.63, 3.8) is 0 Å². The first kappa shape index (κ1) is 17.4. The first-order chi connectivity index (χ1) is 9.83. The van der Waals surface area contributed by atoms with Crippen LogP contribution in [0.1, 0.15) is 70.6 Å². The quantitative estimate of drug-likeness (QED) is 0.302. The van der Waals surface area contributed by atoms with Gasteiger partial charge in [0.25, 0.3) is 0 Å². The highest BCUT2D eigenvalue weighted by Crippen LogP contribution is 2.18. The Morgan fingerprint density at radius 1 is 1.00 bits per heavy atom. The zero-order valence-electron chi connectivity index (χ0n) is 12.6. The molecule has 20 heavy (non-hydrogen) atoms. The molecule has 0 amide bonds. The largest absolute Gasteiger partial charge is 0.463 e. The number of epoxide rings is 1. The van der Waals surface area contributed by atoms with Crippen LogP contribution in [0.25, 0.3) is 0 Å². The van der Waals surface area contributed by atoms with Crippen LogP contribution >= 0.6 is 0 Å². The number of esters is 1. The first-order valence-corrected chi connectivity index (χ1v) is 8.21. The molecule has 1 aliphatic rings. The van der Waals surface area contributed by atoms with Gasteiger partial charge in [-0.3, -0.25) is 4.79 Å². The van der Waals surface area contributed by atoms with Crippen molar-refractivity contribution in [1.29, 1.82) is 0 Å². The lowest BCUT2D eigenvalue weighted by Crippen LogP contribution is -2.07. The van der Waals surface area contributed by atoms with Gasteiger partial charge in [0.2, 0.25) is 0 Å². The van der Waals surface area contributed by atoms with Gasteiger partial charge < -0.3 is 14.6 Å². The van der Waals surface area contributed by atoms with E-state index < -0.39 is 0 Å². The van der Waals surface area contributed by atoms with E-state index in [4.69, 9.17) is 14.6 Å². The number of carbonyl (C=O) groups excluding carboxylic acids is 1. The Morgan fingerprint density at radius 2 is 1.55 bits per heavy atom. The van der Waals surface area contributed by atoms with E-state index in [1.807, 2.05) is 0 Å². The number of rotatable bonds is 14. The fourth-order valence-corrected chi connectivity index (χ4v) is 2.35. The molecule has 1 N–H and O–H groups in total. The summed E-state index contributed by atoms with van der Waals surface area (Å²) in [5.41, 5.74) is 0. The van der Waals surface area contributed by atoms with E-state index in [1.165, 1.54) is 51.4 Å². The summed E-state index contributed by atoms with van der Waals surface area (Å²) in [7, 11) is 0. The van der Waals surface area contributed by atoms with E-state index >= 15 is 0 Å². The van der Waals surface area contributed by atoms with Gasteiger partial charge in [-0.15, -0.1) is 0 Å². The third-order valence-corrected chi connectivity index (χ3v) is 3.66. The minimum atomic E-state index is -0.182. The third-order valence-electron chi connectivity index (χ3n) is 3.66. The van der Waals surface area contributed by atoms with Crippen molar-refractivity contribution in [3.8, 4) is 0 Å². The van der Waals surface area contributed by atoms with Crippen molar-refractivity contribution >= 4 is 5.97 Å². The van der Waals surface area contributed by atoms with Crippen LogP contribution in [0.4, 0.5) is 0 Å². The fourth-order valence-electron chi connectivity index (χ4n) is 2.35. The Labute approximate surface area is 122 Å². The number of hydrogen-bond donors (Lipinski definition) is 1. The lowest BCUT2D eigenvalue weighted by atomic mass is 10.1. The van der Waals surface area contributed by atoms with Crippen LogP contribution < -0.4 is 0 Å². The molecule has 1 aliphatic heterocycles. The van der Waals surface area contributed by atoms with Gasteiger partial charge in [0.1, 0.15) is 6.61 Å². The normalized spacial score (nSPS) is 17.1. The van der Waals surface area contributed by atoms with E-state index in [0.717, 1.165) is 19.4 Å². The van der Waals surface area contributed by atoms with Crippen LogP contribution in [0, 0.1) is 0 Å². The van der Waals surface area contributed by atoms with Gasteiger partial charge in [0.15, 0.2) is 0 Å². The molecule has 0 radical (unpaired) electrons. The monoisotopic (exact) mass is 286 g/mol. The predicted octanol–water partition coefficient (Wildman–Crippen LogP) is 3.21. The second-order valence-corrected chi connectivity index (χ2v) is 5.62. The fraction of sp³-hybridized carbons (Fsp3) is 0.938. The molecule has 1 unspecified atom stereocenters. The van der Waals surface area contributed by atoms with E-state index in [1.54, 1.807) is 0 Å². The highest BCUT2D eigenvalue weighted by atomic mass is 16.6. The zero-order valence-corrected chi connectivity index (χ0v) is 12.6. The number of aliphatic hydroxyl groups excluding tert-OH is 1. The van der Waals surface area contributed by atoms with Gasteiger partial charge in [-0.05, 0) is 12.8 Å². The summed E-state index contributed by atoms with van der Waals surface area (Å²) in [6.45, 7) is 1.04. The minimum absolute atomic E-state index is 0.0839. The van der Waals surface area contributed by atoms with Crippen LogP contribution in [0.5, 0.6) is 0 Å². The van der Waals surface area contributed by atoms with Gasteiger partial charge in [-0.25, -0.2) is 0 Å². The molecule has 1 heterocycles. The molecule has 4 nitrogen and oxygen atoms in total. The number of aliphatic hydroxyl groups is 1. The number of hydrogen-bond acceptors (Lipinski definition) is 4. The second-order valence-electron chi connectivity index (χ2n) is 5.62. The second kappa shape index (κ2) is 12.2. The summed E-state index contributed by atoms with van der Waals surface area (Å²) in [6, 6.07) is 0. The Hall–Kier alpha value is -0.610. The van der Waals surface area contributed by atoms with Crippen LogP contribution in [-0.4, -0.2) is 37.0 Å². The van der Waals surface area contributed by atoms with Gasteiger partial charge in [0.05, 0.1) is 19.3 Å². The Bertz CT molecular complexity index is 239. The van der Waals surface area contributed by atoms with Gasteiger partial charge >= 0.3 is 5.97 Å². The maximum Gasteiger partial charge on any atom is 0.305 e. The maximum absolute atomic E-state index is 11.1. The summed E-state index contributed by atoms with van der Waals surface area (Å²) >= 11 is 0. The Morgan fingerprint density at radius 3 is 2.10 bits per heavy atom. The van der Waals surface area contributed by atoms with Crippen LogP contribution in [0.15, 0.2) is 0 Å². The molecule has 0 bridgehead atoms. The highest BCUT2D eigenvalue weighted by Gasteiger charge is 2.20. The molecule has 1 rings (SSSR count). The van der Waals surface area contributed by atoms with Crippen LogP contribution in [0.3, 0.4) is 0 Å². The van der Waals surface area contributed by atoms with Gasteiger partial charge in [-0.2, -0.15) is 0 Å². The summed E-state index contributed by atoms with van der Waals surface area (Å²) in [5.74, 6) is -0.182. The molecule has 1 fully saturated rings. The molecule has 0 aromatic rings. The van der Waals surface area contributed by atoms with Crippen molar-refractivity contribution in [2.45, 2.75) is 76.7 Å². The number of unbranched alkanes of at least 4 members (excludes halogenated alkanes) is 8. The molecule has 118 valence electrons. The van der Waals surface area contributed by atoms with E-state index in [2.05, 4.69) is 0 Å². The van der Waals surface area contributed by atoms with Crippen LogP contribution in [-0.2, 0) is 14.3 Å². The average Bonchev–Trinajstić information content (AvgIpc) is 3.26. The molecule has 0 spiro atoms. The molecule has 0 aromatic carbocycles. The predicted molar refractivity (Wildman–Crippen MR) is 78.6 cm³/mol. The molecule has 4 heteroatoms. The van der Waals surface area contributed by atoms with Crippen molar-refractivity contribution < 1.29 is 19.4 Å². The molecule has 1 atom stereocenters. The molecular weight excluding hydrogens is 256 g/mol. The number of ether oxygens (including phenoxy) is 2. The van der Waals surface area contributed by atoms with E-state index in [9.17, 15) is 4.79 Å². The summed E-state index contributed by atoms with van der Waals surface area (Å²) < 4.78 is 9.98. The van der Waals surface area contributed by atoms with E-state index in [0.29, 0.717) is 12.5 Å². The lowest BCUT2D eigenvalue weighted by Gasteiger charge is -2.03. The van der Waals surface area contributed by atoms with Crippen molar-refractivity contribution in [3.05, 3.63) is 0 Å². The third kappa shape index (κ3) is 11.2. The van der Waals surface area contributed by atoms with E-state index in [-0.39, 0.29) is 19.2 Å². The Balaban J connectivity index is 1.68. The summed E-state index contributed by atoms with van der Waals surface area (Å²) in [6.07, 6.45) is 13.5. The van der Waals surface area contributed by atoms with Gasteiger partial charge in [0, 0.05) is 6.42 Å². The Kier molecular flexibility index (Phi) is 10.6.